The van der Waals surface area contributed by atoms with Crippen LogP contribution in [0, 0.1) is 0 Å². The van der Waals surface area contributed by atoms with Crippen molar-refractivity contribution >= 4 is 27.5 Å². The predicted octanol–water partition coefficient (Wildman–Crippen LogP) is 3.35. The molecule has 0 atom stereocenters. The molecule has 0 spiro atoms. The number of nitrogens with one attached hydrogen (secondary N) is 2. The number of hydrogen-bond donors (Lipinski definition) is 2. The number of carbonyl (C=O) groups excluding carboxylic acids is 1. The fourth-order valence-electron chi connectivity index (χ4n) is 3.07. The third-order valence-corrected chi connectivity index (χ3v) is 5.98. The maximum absolute atomic E-state index is 12.6. The Labute approximate surface area is 182 Å². The lowest BCUT2D eigenvalue weighted by Gasteiger charge is -2.12. The van der Waals surface area contributed by atoms with Crippen LogP contribution in [0.3, 0.4) is 0 Å². The summed E-state index contributed by atoms with van der Waals surface area (Å²) in [5, 5.41) is 2.69. The van der Waals surface area contributed by atoms with E-state index in [-0.39, 0.29) is 17.4 Å². The fourth-order valence-corrected chi connectivity index (χ4v) is 4.16. The highest BCUT2D eigenvalue weighted by molar-refractivity contribution is 7.90. The molecule has 0 saturated carbocycles. The van der Waals surface area contributed by atoms with Crippen molar-refractivity contribution < 1.29 is 22.7 Å². The number of amidine groups is 1. The lowest BCUT2D eigenvalue weighted by Crippen LogP contribution is -2.30. The van der Waals surface area contributed by atoms with Crippen molar-refractivity contribution in [1.29, 1.82) is 0 Å². The molecule has 2 N–H and O–H groups in total. The van der Waals surface area contributed by atoms with E-state index in [2.05, 4.69) is 15.0 Å². The third kappa shape index (κ3) is 6.71. The van der Waals surface area contributed by atoms with Crippen LogP contribution in [0.4, 0.5) is 5.69 Å². The highest BCUT2D eigenvalue weighted by Crippen LogP contribution is 2.26. The van der Waals surface area contributed by atoms with Gasteiger partial charge in [-0.15, -0.1) is 0 Å². The Bertz CT molecular complexity index is 1020. The second-order valence-electron chi connectivity index (χ2n) is 6.99. The van der Waals surface area contributed by atoms with Crippen molar-refractivity contribution in [1.82, 2.24) is 4.72 Å². The van der Waals surface area contributed by atoms with Crippen LogP contribution in [0.5, 0.6) is 11.5 Å². The second-order valence-corrected chi connectivity index (χ2v) is 8.67. The van der Waals surface area contributed by atoms with Crippen LogP contribution in [0.15, 0.2) is 58.4 Å². The first-order valence-electron chi connectivity index (χ1n) is 10.3. The Hall–Kier alpha value is -3.07. The zero-order valence-electron chi connectivity index (χ0n) is 17.5. The van der Waals surface area contributed by atoms with E-state index in [9.17, 15) is 13.2 Å². The summed E-state index contributed by atoms with van der Waals surface area (Å²) in [6.07, 6.45) is 3.56. The lowest BCUT2D eigenvalue weighted by molar-refractivity contribution is -0.118. The van der Waals surface area contributed by atoms with Gasteiger partial charge in [-0.05, 0) is 56.2 Å². The van der Waals surface area contributed by atoms with E-state index in [1.165, 1.54) is 24.3 Å². The molecule has 1 aliphatic rings. The minimum absolute atomic E-state index is 0.110. The number of benzene rings is 2. The largest absolute Gasteiger partial charge is 0.490 e. The fraction of sp³-hybridized carbons (Fsp3) is 0.364. The van der Waals surface area contributed by atoms with Gasteiger partial charge in [0.15, 0.2) is 18.1 Å². The summed E-state index contributed by atoms with van der Waals surface area (Å²) in [6.45, 7) is 2.79. The quantitative estimate of drug-likeness (QED) is 0.648. The van der Waals surface area contributed by atoms with E-state index in [0.717, 1.165) is 19.3 Å². The summed E-state index contributed by atoms with van der Waals surface area (Å²) in [6, 6.07) is 13.1. The average molecular weight is 446 g/mol. The van der Waals surface area contributed by atoms with Gasteiger partial charge in [-0.2, -0.15) is 0 Å². The number of para-hydroxylation sites is 2. The highest BCUT2D eigenvalue weighted by atomic mass is 32.2. The minimum Gasteiger partial charge on any atom is -0.490 e. The van der Waals surface area contributed by atoms with Gasteiger partial charge in [0.25, 0.3) is 15.9 Å². The lowest BCUT2D eigenvalue weighted by atomic mass is 10.2. The topological polar surface area (TPSA) is 106 Å². The normalized spacial score (nSPS) is 14.2. The molecule has 0 aromatic heterocycles. The van der Waals surface area contributed by atoms with Gasteiger partial charge >= 0.3 is 0 Å². The third-order valence-electron chi connectivity index (χ3n) is 4.58. The van der Waals surface area contributed by atoms with Gasteiger partial charge in [-0.25, -0.2) is 8.42 Å². The van der Waals surface area contributed by atoms with Gasteiger partial charge in [0.1, 0.15) is 5.84 Å². The Balaban J connectivity index is 1.56. The maximum atomic E-state index is 12.6. The van der Waals surface area contributed by atoms with E-state index in [4.69, 9.17) is 9.47 Å². The van der Waals surface area contributed by atoms with Crippen LogP contribution in [-0.4, -0.2) is 39.9 Å². The Morgan fingerprint density at radius 2 is 1.71 bits per heavy atom. The average Bonchev–Trinajstić information content (AvgIpc) is 3.02. The molecular weight excluding hydrogens is 418 g/mol. The number of sulfonamides is 1. The first-order valence-corrected chi connectivity index (χ1v) is 11.8. The number of nitrogens with zero attached hydrogens (tertiary/aromatic N) is 1. The molecule has 8 nitrogen and oxygen atoms in total. The molecule has 1 heterocycles. The first kappa shape index (κ1) is 22.6. The van der Waals surface area contributed by atoms with Gasteiger partial charge in [0.05, 0.1) is 11.5 Å². The molecule has 2 aromatic carbocycles. The predicted molar refractivity (Wildman–Crippen MR) is 119 cm³/mol. The van der Waals surface area contributed by atoms with Crippen molar-refractivity contribution in [2.75, 3.05) is 25.1 Å². The molecule has 9 heteroatoms. The van der Waals surface area contributed by atoms with E-state index >= 15 is 0 Å². The molecule has 0 fully saturated rings. The molecule has 31 heavy (non-hydrogen) atoms. The van der Waals surface area contributed by atoms with E-state index < -0.39 is 10.0 Å². The summed E-state index contributed by atoms with van der Waals surface area (Å²) < 4.78 is 38.7. The molecule has 1 aliphatic heterocycles. The van der Waals surface area contributed by atoms with Crippen LogP contribution in [-0.2, 0) is 14.8 Å². The first-order chi connectivity index (χ1) is 15.0. The summed E-state index contributed by atoms with van der Waals surface area (Å²) in [7, 11) is -3.71. The molecule has 0 saturated heterocycles. The molecule has 166 valence electrons. The van der Waals surface area contributed by atoms with E-state index in [0.29, 0.717) is 42.6 Å². The van der Waals surface area contributed by atoms with E-state index in [1.54, 1.807) is 18.2 Å². The van der Waals surface area contributed by atoms with Gasteiger partial charge < -0.3 is 14.8 Å². The molecule has 2 aromatic rings. The second kappa shape index (κ2) is 10.8. The van der Waals surface area contributed by atoms with Crippen LogP contribution >= 0.6 is 0 Å². The molecule has 3 rings (SSSR count). The Kier molecular flexibility index (Phi) is 7.88. The molecule has 0 unspecified atom stereocenters. The van der Waals surface area contributed by atoms with Crippen LogP contribution in [0.1, 0.15) is 32.6 Å². The minimum atomic E-state index is -3.71. The maximum Gasteiger partial charge on any atom is 0.262 e. The molecule has 0 aliphatic carbocycles. The van der Waals surface area contributed by atoms with Crippen molar-refractivity contribution in [2.24, 2.45) is 4.99 Å². The van der Waals surface area contributed by atoms with Gasteiger partial charge in [-0.3, -0.25) is 14.5 Å². The van der Waals surface area contributed by atoms with Gasteiger partial charge in [0.2, 0.25) is 0 Å². The van der Waals surface area contributed by atoms with Gasteiger partial charge in [0, 0.05) is 18.7 Å². The molecular formula is C22H27N3O5S. The van der Waals surface area contributed by atoms with Crippen molar-refractivity contribution in [3.63, 3.8) is 0 Å². The summed E-state index contributed by atoms with van der Waals surface area (Å²) >= 11 is 0. The van der Waals surface area contributed by atoms with E-state index in [1.807, 2.05) is 13.0 Å². The standard InChI is InChI=1S/C22H27N3O5S/c1-2-29-19-8-5-6-9-20(19)30-16-22(26)24-17-11-13-18(14-12-17)31(27,28)25-21-10-4-3-7-15-23-21/h5-6,8-9,11-14H,2-4,7,10,15-16H2,1H3,(H,23,25)(H,24,26). The summed E-state index contributed by atoms with van der Waals surface area (Å²) in [5.74, 6) is 1.18. The number of ether oxygens (including phenoxy) is 2. The van der Waals surface area contributed by atoms with Crippen LogP contribution < -0.4 is 19.5 Å². The summed E-state index contributed by atoms with van der Waals surface area (Å²) in [4.78, 5) is 16.6. The highest BCUT2D eigenvalue weighted by Gasteiger charge is 2.17. The number of hydrogen-bond acceptors (Lipinski definition) is 6. The van der Waals surface area contributed by atoms with Crippen molar-refractivity contribution in [3.8, 4) is 11.5 Å². The zero-order valence-corrected chi connectivity index (χ0v) is 18.3. The smallest absolute Gasteiger partial charge is 0.262 e. The number of amides is 1. The number of aliphatic imine (C=N–C) groups is 1. The monoisotopic (exact) mass is 445 g/mol. The van der Waals surface area contributed by atoms with Gasteiger partial charge in [-0.1, -0.05) is 18.6 Å². The summed E-state index contributed by atoms with van der Waals surface area (Å²) in [5.41, 5.74) is 0.470. The Morgan fingerprint density at radius 3 is 2.42 bits per heavy atom. The molecule has 1 amide bonds. The zero-order chi connectivity index (χ0) is 22.1. The SMILES string of the molecule is CCOc1ccccc1OCC(=O)Nc1ccc(S(=O)(=O)NC2=NCCCCC2)cc1. The number of anilines is 1. The number of rotatable bonds is 8. The molecule has 0 radical (unpaired) electrons. The molecule has 0 bridgehead atoms. The van der Waals surface area contributed by atoms with Crippen molar-refractivity contribution in [2.45, 2.75) is 37.5 Å². The van der Waals surface area contributed by atoms with Crippen molar-refractivity contribution in [3.05, 3.63) is 48.5 Å². The van der Waals surface area contributed by atoms with Crippen LogP contribution in [0.2, 0.25) is 0 Å². The number of carbonyl (C=O) groups is 1. The van der Waals surface area contributed by atoms with Crippen LogP contribution in [0.25, 0.3) is 0 Å². The Morgan fingerprint density at radius 1 is 1.00 bits per heavy atom.